The van der Waals surface area contributed by atoms with Gasteiger partial charge in [0.1, 0.15) is 0 Å². The van der Waals surface area contributed by atoms with Crippen molar-refractivity contribution in [2.45, 2.75) is 12.5 Å². The average Bonchev–Trinajstić information content (AvgIpc) is 2.73. The van der Waals surface area contributed by atoms with E-state index in [0.29, 0.717) is 12.0 Å². The van der Waals surface area contributed by atoms with Crippen LogP contribution in [0.4, 0.5) is 0 Å². The third-order valence-corrected chi connectivity index (χ3v) is 4.30. The van der Waals surface area contributed by atoms with Gasteiger partial charge in [0.15, 0.2) is 9.84 Å². The summed E-state index contributed by atoms with van der Waals surface area (Å²) in [6.07, 6.45) is 3.55. The van der Waals surface area contributed by atoms with E-state index in [0.717, 1.165) is 0 Å². The van der Waals surface area contributed by atoms with Crippen LogP contribution in [0.1, 0.15) is 16.8 Å². The molecule has 1 aromatic rings. The SMILES string of the molecule is Cn1cc(C(=O)NC2CCS(=O)(=O)C2)cn1. The Morgan fingerprint density at radius 3 is 2.88 bits per heavy atom. The highest BCUT2D eigenvalue weighted by Crippen LogP contribution is 2.11. The molecule has 0 bridgehead atoms. The largest absolute Gasteiger partial charge is 0.348 e. The zero-order valence-electron chi connectivity index (χ0n) is 8.88. The molecule has 1 amide bonds. The summed E-state index contributed by atoms with van der Waals surface area (Å²) in [7, 11) is -1.23. The molecule has 16 heavy (non-hydrogen) atoms. The Kier molecular flexibility index (Phi) is 2.71. The Morgan fingerprint density at radius 1 is 1.62 bits per heavy atom. The smallest absolute Gasteiger partial charge is 0.254 e. The number of nitrogens with zero attached hydrogens (tertiary/aromatic N) is 2. The summed E-state index contributed by atoms with van der Waals surface area (Å²) in [6.45, 7) is 0. The molecule has 0 saturated carbocycles. The van der Waals surface area contributed by atoms with E-state index < -0.39 is 9.84 Å². The van der Waals surface area contributed by atoms with Crippen molar-refractivity contribution in [3.8, 4) is 0 Å². The first-order chi connectivity index (χ1) is 7.46. The van der Waals surface area contributed by atoms with Gasteiger partial charge < -0.3 is 5.32 Å². The van der Waals surface area contributed by atoms with Gasteiger partial charge in [0.05, 0.1) is 23.3 Å². The third-order valence-electron chi connectivity index (χ3n) is 2.53. The lowest BCUT2D eigenvalue weighted by Gasteiger charge is -2.08. The molecule has 88 valence electrons. The molecule has 1 unspecified atom stereocenters. The van der Waals surface area contributed by atoms with Crippen LogP contribution in [0.5, 0.6) is 0 Å². The molecule has 0 aliphatic carbocycles. The molecule has 1 aliphatic rings. The van der Waals surface area contributed by atoms with Crippen molar-refractivity contribution in [3.05, 3.63) is 18.0 Å². The Hall–Kier alpha value is -1.37. The van der Waals surface area contributed by atoms with Gasteiger partial charge in [0, 0.05) is 19.3 Å². The minimum Gasteiger partial charge on any atom is -0.348 e. The Bertz CT molecular complexity index is 506. The van der Waals surface area contributed by atoms with Gasteiger partial charge in [-0.1, -0.05) is 0 Å². The number of carbonyl (C=O) groups is 1. The van der Waals surface area contributed by atoms with Crippen molar-refractivity contribution in [1.29, 1.82) is 0 Å². The van der Waals surface area contributed by atoms with Gasteiger partial charge in [0.2, 0.25) is 0 Å². The number of hydrogen-bond donors (Lipinski definition) is 1. The van der Waals surface area contributed by atoms with Gasteiger partial charge in [-0.3, -0.25) is 9.48 Å². The molecule has 0 spiro atoms. The van der Waals surface area contributed by atoms with E-state index >= 15 is 0 Å². The molecule has 1 saturated heterocycles. The third kappa shape index (κ3) is 2.41. The van der Waals surface area contributed by atoms with E-state index in [-0.39, 0.29) is 23.5 Å². The number of hydrogen-bond acceptors (Lipinski definition) is 4. The van der Waals surface area contributed by atoms with E-state index in [9.17, 15) is 13.2 Å². The summed E-state index contributed by atoms with van der Waals surface area (Å²) in [5, 5.41) is 6.57. The minimum atomic E-state index is -2.95. The molecule has 0 aromatic carbocycles. The molecule has 7 heteroatoms. The van der Waals surface area contributed by atoms with Crippen molar-refractivity contribution in [1.82, 2.24) is 15.1 Å². The normalized spacial score (nSPS) is 23.2. The average molecular weight is 243 g/mol. The van der Waals surface area contributed by atoms with E-state index in [1.54, 1.807) is 13.2 Å². The lowest BCUT2D eigenvalue weighted by molar-refractivity contribution is 0.0941. The molecule has 2 rings (SSSR count). The fourth-order valence-electron chi connectivity index (χ4n) is 1.72. The van der Waals surface area contributed by atoms with Crippen molar-refractivity contribution in [2.75, 3.05) is 11.5 Å². The lowest BCUT2D eigenvalue weighted by atomic mass is 10.2. The maximum atomic E-state index is 11.7. The van der Waals surface area contributed by atoms with Crippen molar-refractivity contribution in [2.24, 2.45) is 7.05 Å². The molecule has 1 atom stereocenters. The topological polar surface area (TPSA) is 81.1 Å². The van der Waals surface area contributed by atoms with Crippen LogP contribution in [0.3, 0.4) is 0 Å². The fraction of sp³-hybridized carbons (Fsp3) is 0.556. The predicted molar refractivity (Wildman–Crippen MR) is 57.7 cm³/mol. The second kappa shape index (κ2) is 3.89. The second-order valence-electron chi connectivity index (χ2n) is 3.98. The molecule has 2 heterocycles. The highest BCUT2D eigenvalue weighted by Gasteiger charge is 2.29. The molecular formula is C9H13N3O3S. The van der Waals surface area contributed by atoms with Crippen LogP contribution in [0.25, 0.3) is 0 Å². The van der Waals surface area contributed by atoms with Gasteiger partial charge in [0.25, 0.3) is 5.91 Å². The van der Waals surface area contributed by atoms with Gasteiger partial charge in [-0.15, -0.1) is 0 Å². The number of carbonyl (C=O) groups excluding carboxylic acids is 1. The number of amides is 1. The number of aryl methyl sites for hydroxylation is 1. The monoisotopic (exact) mass is 243 g/mol. The Balaban J connectivity index is 1.99. The fourth-order valence-corrected chi connectivity index (χ4v) is 3.39. The zero-order valence-corrected chi connectivity index (χ0v) is 9.70. The highest BCUT2D eigenvalue weighted by atomic mass is 32.2. The summed E-state index contributed by atoms with van der Waals surface area (Å²) in [5.74, 6) is -0.0699. The van der Waals surface area contributed by atoms with Gasteiger partial charge >= 0.3 is 0 Å². The summed E-state index contributed by atoms with van der Waals surface area (Å²) < 4.78 is 23.9. The summed E-state index contributed by atoms with van der Waals surface area (Å²) in [4.78, 5) is 11.7. The Labute approximate surface area is 93.6 Å². The van der Waals surface area contributed by atoms with Crippen molar-refractivity contribution >= 4 is 15.7 Å². The maximum Gasteiger partial charge on any atom is 0.254 e. The summed E-state index contributed by atoms with van der Waals surface area (Å²) >= 11 is 0. The van der Waals surface area contributed by atoms with Crippen LogP contribution in [0, 0.1) is 0 Å². The van der Waals surface area contributed by atoms with Gasteiger partial charge in [-0.25, -0.2) is 8.42 Å². The molecule has 1 aromatic heterocycles. The van der Waals surface area contributed by atoms with Crippen LogP contribution >= 0.6 is 0 Å². The van der Waals surface area contributed by atoms with Crippen LogP contribution in [-0.4, -0.2) is 41.7 Å². The first-order valence-corrected chi connectivity index (χ1v) is 6.78. The molecule has 0 radical (unpaired) electrons. The molecule has 1 fully saturated rings. The number of rotatable bonds is 2. The summed E-state index contributed by atoms with van der Waals surface area (Å²) in [6, 6.07) is -0.266. The first kappa shape index (κ1) is 11.1. The standard InChI is InChI=1S/C9H13N3O3S/c1-12-5-7(4-10-12)9(13)11-8-2-3-16(14,15)6-8/h4-5,8H,2-3,6H2,1H3,(H,11,13). The van der Waals surface area contributed by atoms with Crippen LogP contribution in [0.15, 0.2) is 12.4 Å². The zero-order chi connectivity index (χ0) is 11.8. The lowest BCUT2D eigenvalue weighted by Crippen LogP contribution is -2.35. The maximum absolute atomic E-state index is 11.7. The number of sulfone groups is 1. The van der Waals surface area contributed by atoms with Gasteiger partial charge in [-0.05, 0) is 6.42 Å². The Morgan fingerprint density at radius 2 is 2.38 bits per heavy atom. The highest BCUT2D eigenvalue weighted by molar-refractivity contribution is 7.91. The predicted octanol–water partition coefficient (Wildman–Crippen LogP) is -0.663. The molecule has 1 aliphatic heterocycles. The summed E-state index contributed by atoms with van der Waals surface area (Å²) in [5.41, 5.74) is 0.451. The molecule has 6 nitrogen and oxygen atoms in total. The van der Waals surface area contributed by atoms with Crippen LogP contribution < -0.4 is 5.32 Å². The van der Waals surface area contributed by atoms with Crippen LogP contribution in [0.2, 0.25) is 0 Å². The van der Waals surface area contributed by atoms with E-state index in [2.05, 4.69) is 10.4 Å². The van der Waals surface area contributed by atoms with E-state index in [4.69, 9.17) is 0 Å². The quantitative estimate of drug-likeness (QED) is 0.747. The van der Waals surface area contributed by atoms with E-state index in [1.807, 2.05) is 0 Å². The second-order valence-corrected chi connectivity index (χ2v) is 6.20. The number of nitrogens with one attached hydrogen (secondary N) is 1. The molecular weight excluding hydrogens is 230 g/mol. The van der Waals surface area contributed by atoms with E-state index in [1.165, 1.54) is 10.9 Å². The number of aromatic nitrogens is 2. The first-order valence-electron chi connectivity index (χ1n) is 4.96. The van der Waals surface area contributed by atoms with Gasteiger partial charge in [-0.2, -0.15) is 5.10 Å². The van der Waals surface area contributed by atoms with Crippen molar-refractivity contribution < 1.29 is 13.2 Å². The minimum absolute atomic E-state index is 0.0407. The molecule has 1 N–H and O–H groups in total. The van der Waals surface area contributed by atoms with Crippen LogP contribution in [-0.2, 0) is 16.9 Å². The van der Waals surface area contributed by atoms with Crippen molar-refractivity contribution in [3.63, 3.8) is 0 Å².